The number of ether oxygens (including phenoxy) is 2. The topological polar surface area (TPSA) is 61.5 Å². The normalized spacial score (nSPS) is 10.2. The number of carbonyl (C=O) groups excluding carboxylic acids is 1. The van der Waals surface area contributed by atoms with Crippen LogP contribution in [-0.2, 0) is 4.74 Å². The summed E-state index contributed by atoms with van der Waals surface area (Å²) in [6.45, 7) is 2.04. The quantitative estimate of drug-likeness (QED) is 0.662. The van der Waals surface area contributed by atoms with Crippen molar-refractivity contribution in [1.29, 1.82) is 0 Å². The number of nitrogen functional groups attached to an aromatic ring is 1. The number of nitrogens with two attached hydrogens (primary N) is 1. The monoisotopic (exact) mass is 325 g/mol. The molecule has 0 aliphatic rings. The number of hydrogen-bond acceptors (Lipinski definition) is 4. The van der Waals surface area contributed by atoms with E-state index in [4.69, 9.17) is 38.4 Å². The van der Waals surface area contributed by atoms with E-state index in [9.17, 15) is 4.79 Å². The Balaban J connectivity index is 2.25. The summed E-state index contributed by atoms with van der Waals surface area (Å²) in [6.07, 6.45) is 0. The molecule has 110 valence electrons. The molecule has 0 atom stereocenters. The maximum absolute atomic E-state index is 11.6. The number of benzene rings is 2. The molecule has 2 N–H and O–H groups in total. The van der Waals surface area contributed by atoms with Crippen LogP contribution in [0.2, 0.25) is 10.0 Å². The summed E-state index contributed by atoms with van der Waals surface area (Å²) in [5.41, 5.74) is 6.54. The van der Waals surface area contributed by atoms with Crippen LogP contribution in [0.15, 0.2) is 36.4 Å². The lowest BCUT2D eigenvalue weighted by Crippen LogP contribution is -2.05. The number of halogens is 2. The van der Waals surface area contributed by atoms with Crippen molar-refractivity contribution in [2.24, 2.45) is 0 Å². The first-order chi connectivity index (χ1) is 10.0. The van der Waals surface area contributed by atoms with Gasteiger partial charge in [0.25, 0.3) is 0 Å². The summed E-state index contributed by atoms with van der Waals surface area (Å²) in [7, 11) is 0. The molecule has 0 aliphatic heterocycles. The summed E-state index contributed by atoms with van der Waals surface area (Å²) in [6, 6.07) is 9.69. The van der Waals surface area contributed by atoms with Gasteiger partial charge in [0.05, 0.1) is 22.9 Å². The van der Waals surface area contributed by atoms with Crippen molar-refractivity contribution in [3.05, 3.63) is 52.0 Å². The molecule has 2 aromatic rings. The highest BCUT2D eigenvalue weighted by Crippen LogP contribution is 2.36. The van der Waals surface area contributed by atoms with Crippen LogP contribution in [-0.4, -0.2) is 12.6 Å². The van der Waals surface area contributed by atoms with Crippen LogP contribution < -0.4 is 10.5 Å². The number of hydrogen-bond donors (Lipinski definition) is 1. The molecular formula is C15H13Cl2NO3. The van der Waals surface area contributed by atoms with Gasteiger partial charge in [-0.15, -0.1) is 0 Å². The Morgan fingerprint density at radius 1 is 1.19 bits per heavy atom. The molecule has 0 saturated heterocycles. The second-order valence-corrected chi connectivity index (χ2v) is 4.91. The zero-order chi connectivity index (χ0) is 15.4. The van der Waals surface area contributed by atoms with E-state index in [1.165, 1.54) is 6.07 Å². The highest BCUT2D eigenvalue weighted by Gasteiger charge is 2.12. The van der Waals surface area contributed by atoms with E-state index in [1.54, 1.807) is 37.3 Å². The van der Waals surface area contributed by atoms with Crippen molar-refractivity contribution in [2.75, 3.05) is 12.3 Å². The van der Waals surface area contributed by atoms with Crippen molar-refractivity contribution in [2.45, 2.75) is 6.92 Å². The zero-order valence-corrected chi connectivity index (χ0v) is 12.7. The third-order valence-electron chi connectivity index (χ3n) is 2.66. The molecule has 0 radical (unpaired) electrons. The SMILES string of the molecule is CCOC(=O)c1ccc(Oc2cccc(Cl)c2Cl)c(N)c1. The summed E-state index contributed by atoms with van der Waals surface area (Å²) < 4.78 is 10.5. The van der Waals surface area contributed by atoms with Gasteiger partial charge in [-0.25, -0.2) is 4.79 Å². The Kier molecular flexibility index (Phi) is 4.94. The predicted octanol–water partition coefficient (Wildman–Crippen LogP) is 4.54. The average molecular weight is 326 g/mol. The molecule has 6 heteroatoms. The zero-order valence-electron chi connectivity index (χ0n) is 11.2. The lowest BCUT2D eigenvalue weighted by atomic mass is 10.2. The fraction of sp³-hybridized carbons (Fsp3) is 0.133. The largest absolute Gasteiger partial charge is 0.462 e. The molecule has 21 heavy (non-hydrogen) atoms. The van der Waals surface area contributed by atoms with Crippen LogP contribution in [0.25, 0.3) is 0 Å². The van der Waals surface area contributed by atoms with E-state index in [2.05, 4.69) is 0 Å². The Bertz CT molecular complexity index is 674. The number of esters is 1. The highest BCUT2D eigenvalue weighted by molar-refractivity contribution is 6.42. The van der Waals surface area contributed by atoms with Crippen molar-refractivity contribution in [1.82, 2.24) is 0 Å². The smallest absolute Gasteiger partial charge is 0.338 e. The maximum Gasteiger partial charge on any atom is 0.338 e. The maximum atomic E-state index is 11.6. The standard InChI is InChI=1S/C15H13Cl2NO3/c1-2-20-15(19)9-6-7-12(11(18)8-9)21-13-5-3-4-10(16)14(13)17/h3-8H,2,18H2,1H3. The fourth-order valence-electron chi connectivity index (χ4n) is 1.66. The highest BCUT2D eigenvalue weighted by atomic mass is 35.5. The van der Waals surface area contributed by atoms with Gasteiger partial charge in [0, 0.05) is 0 Å². The fourth-order valence-corrected chi connectivity index (χ4v) is 1.99. The van der Waals surface area contributed by atoms with Gasteiger partial charge >= 0.3 is 5.97 Å². The van der Waals surface area contributed by atoms with Gasteiger partial charge in [0.1, 0.15) is 16.5 Å². The van der Waals surface area contributed by atoms with Crippen molar-refractivity contribution < 1.29 is 14.3 Å². The van der Waals surface area contributed by atoms with Crippen LogP contribution in [0.1, 0.15) is 17.3 Å². The van der Waals surface area contributed by atoms with E-state index in [0.717, 1.165) is 0 Å². The van der Waals surface area contributed by atoms with E-state index in [-0.39, 0.29) is 0 Å². The molecule has 0 aromatic heterocycles. The van der Waals surface area contributed by atoms with Crippen LogP contribution >= 0.6 is 23.2 Å². The third-order valence-corrected chi connectivity index (χ3v) is 3.46. The van der Waals surface area contributed by atoms with E-state index < -0.39 is 5.97 Å². The molecule has 0 fully saturated rings. The van der Waals surface area contributed by atoms with Gasteiger partial charge in [0.15, 0.2) is 0 Å². The molecule has 0 spiro atoms. The minimum absolute atomic E-state index is 0.299. The van der Waals surface area contributed by atoms with E-state index in [1.807, 2.05) is 0 Å². The van der Waals surface area contributed by atoms with Crippen molar-refractivity contribution in [3.63, 3.8) is 0 Å². The van der Waals surface area contributed by atoms with E-state index in [0.29, 0.717) is 39.4 Å². The Morgan fingerprint density at radius 2 is 1.95 bits per heavy atom. The molecule has 0 amide bonds. The molecule has 0 heterocycles. The van der Waals surface area contributed by atoms with Crippen LogP contribution in [0.5, 0.6) is 11.5 Å². The predicted molar refractivity (Wildman–Crippen MR) is 83.3 cm³/mol. The van der Waals surface area contributed by atoms with Gasteiger partial charge in [-0.05, 0) is 37.3 Å². The first-order valence-electron chi connectivity index (χ1n) is 6.21. The first-order valence-corrected chi connectivity index (χ1v) is 6.97. The van der Waals surface area contributed by atoms with Gasteiger partial charge < -0.3 is 15.2 Å². The number of anilines is 1. The number of carbonyl (C=O) groups is 1. The van der Waals surface area contributed by atoms with Gasteiger partial charge in [-0.2, -0.15) is 0 Å². The van der Waals surface area contributed by atoms with Crippen LogP contribution in [0, 0.1) is 0 Å². The lowest BCUT2D eigenvalue weighted by molar-refractivity contribution is 0.0526. The second-order valence-electron chi connectivity index (χ2n) is 4.13. The van der Waals surface area contributed by atoms with Crippen molar-refractivity contribution >= 4 is 34.9 Å². The molecule has 0 aliphatic carbocycles. The summed E-state index contributed by atoms with van der Waals surface area (Å²) in [5, 5.41) is 0.684. The summed E-state index contributed by atoms with van der Waals surface area (Å²) in [4.78, 5) is 11.6. The lowest BCUT2D eigenvalue weighted by Gasteiger charge is -2.11. The Morgan fingerprint density at radius 3 is 2.62 bits per heavy atom. The molecule has 2 aromatic carbocycles. The first kappa shape index (κ1) is 15.5. The average Bonchev–Trinajstić information content (AvgIpc) is 2.46. The number of rotatable bonds is 4. The Labute approximate surface area is 132 Å². The van der Waals surface area contributed by atoms with Gasteiger partial charge in [0.2, 0.25) is 0 Å². The van der Waals surface area contributed by atoms with Gasteiger partial charge in [-0.1, -0.05) is 29.3 Å². The summed E-state index contributed by atoms with van der Waals surface area (Å²) in [5.74, 6) is 0.337. The minimum atomic E-state index is -0.434. The van der Waals surface area contributed by atoms with Crippen LogP contribution in [0.4, 0.5) is 5.69 Å². The molecule has 0 saturated carbocycles. The summed E-state index contributed by atoms with van der Waals surface area (Å²) >= 11 is 12.0. The third kappa shape index (κ3) is 3.60. The van der Waals surface area contributed by atoms with Gasteiger partial charge in [-0.3, -0.25) is 0 Å². The molecular weight excluding hydrogens is 313 g/mol. The second kappa shape index (κ2) is 6.70. The minimum Gasteiger partial charge on any atom is -0.462 e. The van der Waals surface area contributed by atoms with Crippen molar-refractivity contribution in [3.8, 4) is 11.5 Å². The van der Waals surface area contributed by atoms with E-state index >= 15 is 0 Å². The Hall–Kier alpha value is -1.91. The molecule has 4 nitrogen and oxygen atoms in total. The molecule has 0 unspecified atom stereocenters. The molecule has 2 rings (SSSR count). The van der Waals surface area contributed by atoms with Crippen LogP contribution in [0.3, 0.4) is 0 Å². The molecule has 0 bridgehead atoms.